The van der Waals surface area contributed by atoms with Crippen molar-refractivity contribution in [1.29, 1.82) is 0 Å². The Morgan fingerprint density at radius 2 is 1.56 bits per heavy atom. The second-order valence-electron chi connectivity index (χ2n) is 11.1. The molecule has 0 N–H and O–H groups in total. The van der Waals surface area contributed by atoms with Crippen molar-refractivity contribution in [3.05, 3.63) is 78.6 Å². The van der Waals surface area contributed by atoms with E-state index < -0.39 is 0 Å². The van der Waals surface area contributed by atoms with Crippen LogP contribution in [0.2, 0.25) is 0 Å². The molecule has 4 aromatic rings. The monoisotopic (exact) mass is 523 g/mol. The quantitative estimate of drug-likeness (QED) is 0.305. The van der Waals surface area contributed by atoms with E-state index in [1.807, 2.05) is 6.20 Å². The van der Waals surface area contributed by atoms with Crippen LogP contribution in [0.15, 0.2) is 72.9 Å². The Labute approximate surface area is 232 Å². The number of para-hydroxylation sites is 1. The molecule has 2 aromatic carbocycles. The maximum absolute atomic E-state index is 5.53. The molecule has 2 fully saturated rings. The summed E-state index contributed by atoms with van der Waals surface area (Å²) in [5, 5.41) is 1.22. The summed E-state index contributed by atoms with van der Waals surface area (Å²) in [6.45, 7) is 13.9. The van der Waals surface area contributed by atoms with Crippen molar-refractivity contribution < 1.29 is 4.74 Å². The van der Waals surface area contributed by atoms with Crippen LogP contribution in [-0.2, 0) is 11.2 Å². The number of pyridine rings is 1. The van der Waals surface area contributed by atoms with Crippen molar-refractivity contribution in [3.8, 4) is 16.9 Å². The molecule has 4 heterocycles. The molecule has 0 saturated carbocycles. The molecule has 6 nitrogen and oxygen atoms in total. The summed E-state index contributed by atoms with van der Waals surface area (Å²) < 4.78 is 7.97. The number of hydrogen-bond acceptors (Lipinski definition) is 5. The number of fused-ring (bicyclic) bond motifs is 1. The van der Waals surface area contributed by atoms with E-state index in [9.17, 15) is 0 Å². The summed E-state index contributed by atoms with van der Waals surface area (Å²) in [7, 11) is 0. The maximum Gasteiger partial charge on any atom is 0.0796 e. The van der Waals surface area contributed by atoms with Gasteiger partial charge in [0.25, 0.3) is 0 Å². The minimum Gasteiger partial charge on any atom is -0.379 e. The fourth-order valence-electron chi connectivity index (χ4n) is 6.12. The molecule has 0 spiro atoms. The highest BCUT2D eigenvalue weighted by Crippen LogP contribution is 2.33. The summed E-state index contributed by atoms with van der Waals surface area (Å²) >= 11 is 0. The van der Waals surface area contributed by atoms with Crippen LogP contribution in [0.4, 0.5) is 5.69 Å². The largest absolute Gasteiger partial charge is 0.379 e. The Kier molecular flexibility index (Phi) is 7.95. The van der Waals surface area contributed by atoms with Crippen molar-refractivity contribution in [2.24, 2.45) is 0 Å². The van der Waals surface area contributed by atoms with Gasteiger partial charge in [0.1, 0.15) is 0 Å². The van der Waals surface area contributed by atoms with Gasteiger partial charge in [0.05, 0.1) is 24.4 Å². The first kappa shape index (κ1) is 26.1. The van der Waals surface area contributed by atoms with Crippen LogP contribution in [0.1, 0.15) is 26.0 Å². The highest BCUT2D eigenvalue weighted by atomic mass is 16.5. The van der Waals surface area contributed by atoms with Crippen molar-refractivity contribution in [3.63, 3.8) is 0 Å². The Hall–Kier alpha value is -3.19. The van der Waals surface area contributed by atoms with Gasteiger partial charge in [0.2, 0.25) is 0 Å². The molecule has 0 atom stereocenters. The molecule has 6 rings (SSSR count). The molecule has 2 aliphatic heterocycles. The van der Waals surface area contributed by atoms with Crippen molar-refractivity contribution in [1.82, 2.24) is 19.4 Å². The first-order valence-electron chi connectivity index (χ1n) is 14.6. The lowest BCUT2D eigenvalue weighted by molar-refractivity contribution is 0.0374. The third-order valence-electron chi connectivity index (χ3n) is 8.38. The lowest BCUT2D eigenvalue weighted by Gasteiger charge is -2.38. The summed E-state index contributed by atoms with van der Waals surface area (Å²) in [5.41, 5.74) is 7.32. The number of nitrogens with zero attached hydrogens (tertiary/aromatic N) is 5. The molecule has 0 radical (unpaired) electrons. The zero-order valence-electron chi connectivity index (χ0n) is 23.4. The highest BCUT2D eigenvalue weighted by Gasteiger charge is 2.20. The molecule has 2 aliphatic rings. The zero-order chi connectivity index (χ0) is 26.6. The Balaban J connectivity index is 1.27. The van der Waals surface area contributed by atoms with Gasteiger partial charge in [-0.05, 0) is 69.6 Å². The van der Waals surface area contributed by atoms with Gasteiger partial charge in [-0.25, -0.2) is 0 Å². The third kappa shape index (κ3) is 5.74. The van der Waals surface area contributed by atoms with E-state index in [1.165, 1.54) is 33.5 Å². The average molecular weight is 524 g/mol. The van der Waals surface area contributed by atoms with E-state index in [1.54, 1.807) is 0 Å². The van der Waals surface area contributed by atoms with Gasteiger partial charge < -0.3 is 14.2 Å². The number of rotatable bonds is 8. The van der Waals surface area contributed by atoms with E-state index in [0.29, 0.717) is 6.04 Å². The van der Waals surface area contributed by atoms with Gasteiger partial charge in [0.15, 0.2) is 0 Å². The molecular weight excluding hydrogens is 482 g/mol. The maximum atomic E-state index is 5.53. The lowest BCUT2D eigenvalue weighted by Crippen LogP contribution is -2.48. The smallest absolute Gasteiger partial charge is 0.0796 e. The molecule has 6 heteroatoms. The van der Waals surface area contributed by atoms with Crippen LogP contribution in [0.25, 0.3) is 27.8 Å². The van der Waals surface area contributed by atoms with E-state index in [-0.39, 0.29) is 0 Å². The SMILES string of the molecule is CC(C)N1CCN(c2ccc(-c3nccc4c3cc(CCCN3CCOCC3)n4-c3ccccc3)cc2)CC1. The van der Waals surface area contributed by atoms with E-state index >= 15 is 0 Å². The minimum absolute atomic E-state index is 0.619. The molecule has 2 saturated heterocycles. The first-order valence-corrected chi connectivity index (χ1v) is 14.6. The van der Waals surface area contributed by atoms with Crippen LogP contribution >= 0.6 is 0 Å². The summed E-state index contributed by atoms with van der Waals surface area (Å²) in [6.07, 6.45) is 4.13. The summed E-state index contributed by atoms with van der Waals surface area (Å²) in [4.78, 5) is 12.5. The number of aromatic nitrogens is 2. The van der Waals surface area contributed by atoms with E-state index in [4.69, 9.17) is 9.72 Å². The van der Waals surface area contributed by atoms with Gasteiger partial charge in [-0.15, -0.1) is 0 Å². The topological polar surface area (TPSA) is 36.8 Å². The molecule has 0 amide bonds. The summed E-state index contributed by atoms with van der Waals surface area (Å²) in [5.74, 6) is 0. The number of hydrogen-bond donors (Lipinski definition) is 0. The van der Waals surface area contributed by atoms with Crippen molar-refractivity contribution in [2.75, 3.05) is 63.9 Å². The van der Waals surface area contributed by atoms with Crippen molar-refractivity contribution in [2.45, 2.75) is 32.7 Å². The van der Waals surface area contributed by atoms with E-state index in [2.05, 4.69) is 99.8 Å². The van der Waals surface area contributed by atoms with Gasteiger partial charge in [0, 0.05) is 79.5 Å². The Bertz CT molecular complexity index is 1350. The molecule has 204 valence electrons. The normalized spacial score (nSPS) is 17.4. The Morgan fingerprint density at radius 3 is 2.28 bits per heavy atom. The summed E-state index contributed by atoms with van der Waals surface area (Å²) in [6, 6.07) is 25.0. The molecular formula is C33H41N5O. The van der Waals surface area contributed by atoms with Crippen LogP contribution in [-0.4, -0.2) is 84.4 Å². The minimum atomic E-state index is 0.619. The van der Waals surface area contributed by atoms with Crippen LogP contribution in [0, 0.1) is 0 Å². The number of morpholine rings is 1. The van der Waals surface area contributed by atoms with Gasteiger partial charge in [-0.2, -0.15) is 0 Å². The van der Waals surface area contributed by atoms with Gasteiger partial charge >= 0.3 is 0 Å². The van der Waals surface area contributed by atoms with E-state index in [0.717, 1.165) is 77.6 Å². The second-order valence-corrected chi connectivity index (χ2v) is 11.1. The predicted molar refractivity (Wildman–Crippen MR) is 161 cm³/mol. The fraction of sp³-hybridized carbons (Fsp3) is 0.424. The first-order chi connectivity index (χ1) is 19.2. The van der Waals surface area contributed by atoms with Crippen LogP contribution in [0.5, 0.6) is 0 Å². The number of piperazine rings is 1. The third-order valence-corrected chi connectivity index (χ3v) is 8.38. The van der Waals surface area contributed by atoms with Gasteiger partial charge in [-0.3, -0.25) is 14.8 Å². The fourth-order valence-corrected chi connectivity index (χ4v) is 6.12. The second kappa shape index (κ2) is 11.9. The number of benzene rings is 2. The molecule has 0 unspecified atom stereocenters. The van der Waals surface area contributed by atoms with Gasteiger partial charge in [-0.1, -0.05) is 30.3 Å². The Morgan fingerprint density at radius 1 is 0.821 bits per heavy atom. The number of aryl methyl sites for hydroxylation is 1. The van der Waals surface area contributed by atoms with Crippen LogP contribution < -0.4 is 4.90 Å². The molecule has 0 bridgehead atoms. The molecule has 0 aliphatic carbocycles. The number of anilines is 1. The lowest BCUT2D eigenvalue weighted by atomic mass is 10.1. The molecule has 39 heavy (non-hydrogen) atoms. The number of ether oxygens (including phenoxy) is 1. The molecule has 2 aromatic heterocycles. The zero-order valence-corrected chi connectivity index (χ0v) is 23.4. The highest BCUT2D eigenvalue weighted by molar-refractivity contribution is 5.95. The average Bonchev–Trinajstić information content (AvgIpc) is 3.37. The standard InChI is InChI=1S/C33H41N5O/c1-26(2)36-17-19-37(20-18-36)28-12-10-27(11-13-28)33-31-25-30(9-6-16-35-21-23-39-24-22-35)38(32(31)14-15-34-33)29-7-4-3-5-8-29/h3-5,7-8,10-15,25-26H,6,9,16-24H2,1-2H3. The van der Waals surface area contributed by atoms with Crippen LogP contribution in [0.3, 0.4) is 0 Å². The predicted octanol–water partition coefficient (Wildman–Crippen LogP) is 5.49. The van der Waals surface area contributed by atoms with Crippen molar-refractivity contribution >= 4 is 16.6 Å².